The number of ketones is 1. The van der Waals surface area contributed by atoms with Crippen LogP contribution in [0.4, 0.5) is 0 Å². The number of piperazine rings is 1. The van der Waals surface area contributed by atoms with Crippen LogP contribution in [0.25, 0.3) is 0 Å². The highest BCUT2D eigenvalue weighted by Gasteiger charge is 2.30. The van der Waals surface area contributed by atoms with E-state index >= 15 is 0 Å². The van der Waals surface area contributed by atoms with Crippen LogP contribution in [-0.4, -0.2) is 66.8 Å². The van der Waals surface area contributed by atoms with Gasteiger partial charge in [0.15, 0.2) is 5.78 Å². The molecular weight excluding hydrogens is 374 g/mol. The zero-order valence-corrected chi connectivity index (χ0v) is 17.4. The van der Waals surface area contributed by atoms with Crippen molar-refractivity contribution in [3.05, 3.63) is 34.9 Å². The molecule has 2 aliphatic heterocycles. The quantitative estimate of drug-likeness (QED) is 0.764. The van der Waals surface area contributed by atoms with Crippen molar-refractivity contribution < 1.29 is 9.59 Å². The van der Waals surface area contributed by atoms with Crippen LogP contribution in [-0.2, 0) is 17.6 Å². The van der Waals surface area contributed by atoms with Crippen molar-refractivity contribution in [2.45, 2.75) is 51.0 Å². The summed E-state index contributed by atoms with van der Waals surface area (Å²) in [5, 5.41) is 3.38. The van der Waals surface area contributed by atoms with Crippen LogP contribution in [0.3, 0.4) is 0 Å². The second kappa shape index (κ2) is 9.86. The van der Waals surface area contributed by atoms with Crippen molar-refractivity contribution >= 4 is 24.1 Å². The summed E-state index contributed by atoms with van der Waals surface area (Å²) < 4.78 is 0. The molecule has 1 amide bonds. The lowest BCUT2D eigenvalue weighted by Gasteiger charge is -2.32. The number of fused-ring (bicyclic) bond motifs is 1. The highest BCUT2D eigenvalue weighted by molar-refractivity contribution is 5.98. The summed E-state index contributed by atoms with van der Waals surface area (Å²) in [4.78, 5) is 29.6. The van der Waals surface area contributed by atoms with Gasteiger partial charge in [-0.25, -0.2) is 0 Å². The second-order valence-electron chi connectivity index (χ2n) is 8.18. The Balaban J connectivity index is 0.00000225. The number of benzene rings is 1. The Morgan fingerprint density at radius 2 is 1.75 bits per heavy atom. The lowest BCUT2D eigenvalue weighted by atomic mass is 9.89. The molecule has 28 heavy (non-hydrogen) atoms. The number of likely N-dealkylation sites (tertiary alicyclic amines) is 1. The maximum absolute atomic E-state index is 12.6. The summed E-state index contributed by atoms with van der Waals surface area (Å²) in [5.41, 5.74) is 3.50. The molecule has 0 aromatic heterocycles. The Hall–Kier alpha value is -1.43. The maximum Gasteiger partial charge on any atom is 0.223 e. The van der Waals surface area contributed by atoms with E-state index in [-0.39, 0.29) is 24.1 Å². The molecule has 5 nitrogen and oxygen atoms in total. The lowest BCUT2D eigenvalue weighted by molar-refractivity contribution is -0.130. The van der Waals surface area contributed by atoms with Crippen molar-refractivity contribution in [2.24, 2.45) is 0 Å². The SMILES string of the molecule is Cl.O=C(CCC(=O)N1CCC(N2CCNCC2)C1)c1ccc2c(c1)CCCC2. The van der Waals surface area contributed by atoms with Crippen LogP contribution < -0.4 is 5.32 Å². The molecule has 1 aromatic carbocycles. The molecule has 6 heteroatoms. The van der Waals surface area contributed by atoms with Gasteiger partial charge >= 0.3 is 0 Å². The van der Waals surface area contributed by atoms with Gasteiger partial charge in [-0.3, -0.25) is 14.5 Å². The average Bonchev–Trinajstić information content (AvgIpc) is 3.22. The van der Waals surface area contributed by atoms with Gasteiger partial charge in [-0.15, -0.1) is 12.4 Å². The van der Waals surface area contributed by atoms with Crippen LogP contribution in [0.5, 0.6) is 0 Å². The molecule has 1 atom stereocenters. The molecule has 2 saturated heterocycles. The smallest absolute Gasteiger partial charge is 0.223 e. The van der Waals surface area contributed by atoms with Crippen molar-refractivity contribution in [2.75, 3.05) is 39.3 Å². The third kappa shape index (κ3) is 4.94. The molecule has 0 bridgehead atoms. The molecule has 154 valence electrons. The number of hydrogen-bond acceptors (Lipinski definition) is 4. The van der Waals surface area contributed by atoms with Crippen LogP contribution in [0, 0.1) is 0 Å². The number of carbonyl (C=O) groups is 2. The summed E-state index contributed by atoms with van der Waals surface area (Å²) in [6.45, 7) is 5.89. The number of Topliss-reactive ketones (excluding diaryl/α,β-unsaturated/α-hetero) is 1. The first kappa shape index (κ1) is 21.3. The molecule has 3 aliphatic rings. The van der Waals surface area contributed by atoms with E-state index in [1.54, 1.807) is 0 Å². The first-order chi connectivity index (χ1) is 13.2. The van der Waals surface area contributed by atoms with Crippen molar-refractivity contribution in [3.8, 4) is 0 Å². The minimum Gasteiger partial charge on any atom is -0.341 e. The zero-order valence-electron chi connectivity index (χ0n) is 16.6. The standard InChI is InChI=1S/C22H31N3O2.ClH/c26-21(19-6-5-17-3-1-2-4-18(17)15-19)7-8-22(27)25-12-9-20(16-25)24-13-10-23-11-14-24;/h5-6,15,20,23H,1-4,7-14,16H2;1H. The normalized spacial score (nSPS) is 22.4. The number of halogens is 1. The van der Waals surface area contributed by atoms with E-state index in [2.05, 4.69) is 22.3 Å². The fourth-order valence-electron chi connectivity index (χ4n) is 4.74. The summed E-state index contributed by atoms with van der Waals surface area (Å²) in [7, 11) is 0. The minimum atomic E-state index is 0. The molecule has 0 spiro atoms. The molecule has 1 aliphatic carbocycles. The Morgan fingerprint density at radius 3 is 2.54 bits per heavy atom. The third-order valence-corrected chi connectivity index (χ3v) is 6.42. The summed E-state index contributed by atoms with van der Waals surface area (Å²) in [6, 6.07) is 6.62. The van der Waals surface area contributed by atoms with Crippen molar-refractivity contribution in [1.29, 1.82) is 0 Å². The fourth-order valence-corrected chi connectivity index (χ4v) is 4.74. The largest absolute Gasteiger partial charge is 0.341 e. The molecule has 2 heterocycles. The molecule has 0 radical (unpaired) electrons. The van der Waals surface area contributed by atoms with E-state index < -0.39 is 0 Å². The van der Waals surface area contributed by atoms with Gasteiger partial charge in [0.2, 0.25) is 5.91 Å². The molecular formula is C22H32ClN3O2. The van der Waals surface area contributed by atoms with Crippen molar-refractivity contribution in [1.82, 2.24) is 15.1 Å². The molecule has 1 N–H and O–H groups in total. The summed E-state index contributed by atoms with van der Waals surface area (Å²) in [5.74, 6) is 0.244. The monoisotopic (exact) mass is 405 g/mol. The van der Waals surface area contributed by atoms with E-state index in [0.29, 0.717) is 18.9 Å². The molecule has 2 fully saturated rings. The van der Waals surface area contributed by atoms with Crippen LogP contribution in [0.2, 0.25) is 0 Å². The average molecular weight is 406 g/mol. The third-order valence-electron chi connectivity index (χ3n) is 6.42. The van der Waals surface area contributed by atoms with Gasteiger partial charge in [0, 0.05) is 63.7 Å². The van der Waals surface area contributed by atoms with Crippen LogP contribution in [0.1, 0.15) is 53.6 Å². The van der Waals surface area contributed by atoms with Crippen molar-refractivity contribution in [3.63, 3.8) is 0 Å². The summed E-state index contributed by atoms with van der Waals surface area (Å²) >= 11 is 0. The van der Waals surface area contributed by atoms with Gasteiger partial charge in [-0.05, 0) is 49.3 Å². The number of rotatable bonds is 5. The second-order valence-corrected chi connectivity index (χ2v) is 8.18. The molecule has 4 rings (SSSR count). The van der Waals surface area contributed by atoms with Gasteiger partial charge in [0.1, 0.15) is 0 Å². The first-order valence-corrected chi connectivity index (χ1v) is 10.6. The van der Waals surface area contributed by atoms with Crippen LogP contribution in [0.15, 0.2) is 18.2 Å². The van der Waals surface area contributed by atoms with Gasteiger partial charge in [0.05, 0.1) is 0 Å². The number of nitrogens with zero attached hydrogens (tertiary/aromatic N) is 2. The molecule has 0 saturated carbocycles. The van der Waals surface area contributed by atoms with E-state index in [4.69, 9.17) is 0 Å². The van der Waals surface area contributed by atoms with E-state index in [0.717, 1.165) is 64.1 Å². The summed E-state index contributed by atoms with van der Waals surface area (Å²) in [6.07, 6.45) is 6.40. The van der Waals surface area contributed by atoms with Gasteiger partial charge in [0.25, 0.3) is 0 Å². The number of hydrogen-bond donors (Lipinski definition) is 1. The minimum absolute atomic E-state index is 0. The Kier molecular flexibility index (Phi) is 7.49. The Morgan fingerprint density at radius 1 is 1.00 bits per heavy atom. The Labute approximate surface area is 174 Å². The lowest BCUT2D eigenvalue weighted by Crippen LogP contribution is -2.49. The Bertz CT molecular complexity index is 703. The molecule has 1 unspecified atom stereocenters. The van der Waals surface area contributed by atoms with Crippen LogP contribution >= 0.6 is 12.4 Å². The highest BCUT2D eigenvalue weighted by atomic mass is 35.5. The topological polar surface area (TPSA) is 52.7 Å². The molecule has 1 aromatic rings. The number of amides is 1. The maximum atomic E-state index is 12.6. The predicted octanol–water partition coefficient (Wildman–Crippen LogP) is 2.46. The van der Waals surface area contributed by atoms with Gasteiger partial charge in [-0.1, -0.05) is 12.1 Å². The highest BCUT2D eigenvalue weighted by Crippen LogP contribution is 2.23. The first-order valence-electron chi connectivity index (χ1n) is 10.6. The van der Waals surface area contributed by atoms with E-state index in [9.17, 15) is 9.59 Å². The predicted molar refractivity (Wildman–Crippen MR) is 113 cm³/mol. The number of nitrogens with one attached hydrogen (secondary N) is 1. The van der Waals surface area contributed by atoms with E-state index in [1.807, 2.05) is 11.0 Å². The number of carbonyl (C=O) groups excluding carboxylic acids is 2. The van der Waals surface area contributed by atoms with Gasteiger partial charge < -0.3 is 10.2 Å². The fraction of sp³-hybridized carbons (Fsp3) is 0.636. The zero-order chi connectivity index (χ0) is 18.6. The van der Waals surface area contributed by atoms with Gasteiger partial charge in [-0.2, -0.15) is 0 Å². The number of aryl methyl sites for hydroxylation is 2. The van der Waals surface area contributed by atoms with E-state index in [1.165, 1.54) is 24.0 Å².